The molecule has 190 valence electrons. The molecule has 2 aromatic rings. The van der Waals surface area contributed by atoms with Gasteiger partial charge in [-0.05, 0) is 48.7 Å². The zero-order valence-corrected chi connectivity index (χ0v) is 20.0. The number of anilines is 1. The fraction of sp³-hybridized carbons (Fsp3) is 0.481. The number of likely N-dealkylation sites (tertiary alicyclic amines) is 1. The Balaban J connectivity index is 1.14. The monoisotopic (exact) mass is 497 g/mol. The number of morpholine rings is 1. The third-order valence-electron chi connectivity index (χ3n) is 7.92. The first-order valence-corrected chi connectivity index (χ1v) is 12.6. The molecule has 0 aliphatic carbocycles. The Bertz CT molecular complexity index is 1160. The summed E-state index contributed by atoms with van der Waals surface area (Å²) < 4.78 is 39.4. The van der Waals surface area contributed by atoms with E-state index in [-0.39, 0.29) is 11.8 Å². The fourth-order valence-corrected chi connectivity index (χ4v) is 6.05. The van der Waals surface area contributed by atoms with Crippen LogP contribution in [0.15, 0.2) is 42.5 Å². The second kappa shape index (κ2) is 9.12. The van der Waals surface area contributed by atoms with E-state index in [0.717, 1.165) is 24.8 Å². The van der Waals surface area contributed by atoms with Crippen LogP contribution >= 0.6 is 0 Å². The Kier molecular flexibility index (Phi) is 5.92. The number of nitrogens with zero attached hydrogens (tertiary/aromatic N) is 3. The first-order chi connectivity index (χ1) is 17.4. The van der Waals surface area contributed by atoms with E-state index in [1.54, 1.807) is 9.80 Å². The second-order valence-electron chi connectivity index (χ2n) is 10.0. The van der Waals surface area contributed by atoms with E-state index in [0.29, 0.717) is 63.1 Å². The van der Waals surface area contributed by atoms with E-state index in [2.05, 4.69) is 4.90 Å². The number of amides is 2. The van der Waals surface area contributed by atoms with Crippen LogP contribution in [0.2, 0.25) is 0 Å². The Morgan fingerprint density at radius 2 is 1.67 bits per heavy atom. The number of benzene rings is 2. The molecule has 0 N–H and O–H groups in total. The first-order valence-electron chi connectivity index (χ1n) is 12.6. The van der Waals surface area contributed by atoms with Crippen LogP contribution in [-0.2, 0) is 14.3 Å². The lowest BCUT2D eigenvalue weighted by molar-refractivity contribution is -0.142. The van der Waals surface area contributed by atoms with Crippen molar-refractivity contribution in [3.63, 3.8) is 0 Å². The summed E-state index contributed by atoms with van der Waals surface area (Å²) in [5.41, 5.74) is 1.10. The summed E-state index contributed by atoms with van der Waals surface area (Å²) in [6.45, 7) is 3.76. The van der Waals surface area contributed by atoms with Gasteiger partial charge in [0.25, 0.3) is 11.8 Å². The van der Waals surface area contributed by atoms with E-state index in [9.17, 15) is 18.4 Å². The normalized spacial score (nSPS) is 25.5. The zero-order chi connectivity index (χ0) is 24.9. The Labute approximate surface area is 208 Å². The second-order valence-corrected chi connectivity index (χ2v) is 10.0. The van der Waals surface area contributed by atoms with Gasteiger partial charge in [0.2, 0.25) is 0 Å². The largest absolute Gasteiger partial charge is 0.378 e. The van der Waals surface area contributed by atoms with Crippen LogP contribution in [-0.4, -0.2) is 72.8 Å². The summed E-state index contributed by atoms with van der Waals surface area (Å²) in [6, 6.07) is 10.7. The number of rotatable bonds is 3. The molecule has 4 aliphatic rings. The van der Waals surface area contributed by atoms with Gasteiger partial charge < -0.3 is 24.2 Å². The average molecular weight is 498 g/mol. The third-order valence-corrected chi connectivity index (χ3v) is 7.92. The summed E-state index contributed by atoms with van der Waals surface area (Å²) in [6.07, 6.45) is 1.61. The fourth-order valence-electron chi connectivity index (χ4n) is 6.05. The molecule has 9 heteroatoms. The van der Waals surface area contributed by atoms with E-state index >= 15 is 0 Å². The number of fused-ring (bicyclic) bond motifs is 1. The number of piperidine rings is 1. The van der Waals surface area contributed by atoms with Crippen LogP contribution in [0.5, 0.6) is 0 Å². The number of hydrogen-bond acceptors (Lipinski definition) is 5. The molecule has 2 aromatic carbocycles. The van der Waals surface area contributed by atoms with E-state index in [1.807, 2.05) is 24.3 Å². The van der Waals surface area contributed by atoms with Crippen molar-refractivity contribution in [2.75, 3.05) is 44.3 Å². The smallest absolute Gasteiger partial charge is 0.257 e. The van der Waals surface area contributed by atoms with Gasteiger partial charge in [0.1, 0.15) is 17.9 Å². The maximum Gasteiger partial charge on any atom is 0.257 e. The molecular weight excluding hydrogens is 468 g/mol. The lowest BCUT2D eigenvalue weighted by atomic mass is 9.89. The van der Waals surface area contributed by atoms with Gasteiger partial charge in [0, 0.05) is 56.3 Å². The van der Waals surface area contributed by atoms with Gasteiger partial charge in [0.05, 0.1) is 19.3 Å². The highest BCUT2D eigenvalue weighted by Gasteiger charge is 2.58. The zero-order valence-electron chi connectivity index (χ0n) is 20.0. The molecule has 4 fully saturated rings. The number of carbonyl (C=O) groups is 2. The lowest BCUT2D eigenvalue weighted by Crippen LogP contribution is -2.51. The van der Waals surface area contributed by atoms with Crippen molar-refractivity contribution in [1.29, 1.82) is 0 Å². The number of carbonyl (C=O) groups excluding carboxylic acids is 2. The van der Waals surface area contributed by atoms with Gasteiger partial charge in [-0.15, -0.1) is 0 Å². The molecule has 1 unspecified atom stereocenters. The van der Waals surface area contributed by atoms with Gasteiger partial charge in [-0.25, -0.2) is 8.78 Å². The molecule has 0 saturated carbocycles. The molecule has 4 aliphatic heterocycles. The van der Waals surface area contributed by atoms with Crippen LogP contribution in [0, 0.1) is 11.6 Å². The van der Waals surface area contributed by atoms with Crippen molar-refractivity contribution in [2.24, 2.45) is 0 Å². The summed E-state index contributed by atoms with van der Waals surface area (Å²) in [4.78, 5) is 32.5. The van der Waals surface area contributed by atoms with Crippen molar-refractivity contribution >= 4 is 17.5 Å². The minimum Gasteiger partial charge on any atom is -0.378 e. The molecule has 1 spiro atoms. The van der Waals surface area contributed by atoms with E-state index in [4.69, 9.17) is 9.47 Å². The van der Waals surface area contributed by atoms with Gasteiger partial charge in [-0.1, -0.05) is 6.07 Å². The van der Waals surface area contributed by atoms with E-state index in [1.165, 1.54) is 12.1 Å². The van der Waals surface area contributed by atoms with Crippen LogP contribution in [0.3, 0.4) is 0 Å². The van der Waals surface area contributed by atoms with Gasteiger partial charge in [-0.2, -0.15) is 0 Å². The Morgan fingerprint density at radius 1 is 0.944 bits per heavy atom. The minimum atomic E-state index is -0.984. The van der Waals surface area contributed by atoms with Gasteiger partial charge >= 0.3 is 0 Å². The van der Waals surface area contributed by atoms with Crippen molar-refractivity contribution in [3.8, 4) is 0 Å². The molecule has 7 nitrogen and oxygen atoms in total. The Morgan fingerprint density at radius 3 is 2.39 bits per heavy atom. The van der Waals surface area contributed by atoms with Crippen molar-refractivity contribution in [3.05, 3.63) is 65.2 Å². The highest BCUT2D eigenvalue weighted by atomic mass is 19.1. The quantitative estimate of drug-likeness (QED) is 0.650. The van der Waals surface area contributed by atoms with Crippen molar-refractivity contribution in [1.82, 2.24) is 9.80 Å². The summed E-state index contributed by atoms with van der Waals surface area (Å²) in [5, 5.41) is 0. The molecule has 4 saturated heterocycles. The molecule has 0 bridgehead atoms. The van der Waals surface area contributed by atoms with E-state index < -0.39 is 29.5 Å². The minimum absolute atomic E-state index is 0.0565. The summed E-state index contributed by atoms with van der Waals surface area (Å²) in [5.74, 6) is -1.50. The number of ether oxygens (including phenoxy) is 2. The Hall–Kier alpha value is -3.04. The van der Waals surface area contributed by atoms with Crippen LogP contribution in [0.25, 0.3) is 0 Å². The van der Waals surface area contributed by atoms with Gasteiger partial charge in [-0.3, -0.25) is 9.59 Å². The molecule has 2 atom stereocenters. The average Bonchev–Trinajstić information content (AvgIpc) is 3.42. The van der Waals surface area contributed by atoms with Crippen molar-refractivity contribution < 1.29 is 27.8 Å². The first kappa shape index (κ1) is 23.4. The third kappa shape index (κ3) is 4.04. The highest BCUT2D eigenvalue weighted by Crippen LogP contribution is 2.47. The lowest BCUT2D eigenvalue weighted by Gasteiger charge is -2.37. The molecule has 6 rings (SSSR count). The molecule has 36 heavy (non-hydrogen) atoms. The summed E-state index contributed by atoms with van der Waals surface area (Å²) in [7, 11) is 0. The van der Waals surface area contributed by atoms with Gasteiger partial charge in [0.15, 0.2) is 5.60 Å². The maximum absolute atomic E-state index is 13.8. The summed E-state index contributed by atoms with van der Waals surface area (Å²) >= 11 is 0. The predicted molar refractivity (Wildman–Crippen MR) is 127 cm³/mol. The topological polar surface area (TPSA) is 62.3 Å². The molecular formula is C27H29F2N3O4. The molecule has 0 aromatic heterocycles. The highest BCUT2D eigenvalue weighted by molar-refractivity contribution is 5.96. The molecule has 0 radical (unpaired) electrons. The predicted octanol–water partition coefficient (Wildman–Crippen LogP) is 3.50. The van der Waals surface area contributed by atoms with Crippen molar-refractivity contribution in [2.45, 2.75) is 43.6 Å². The number of hydrogen-bond donors (Lipinski definition) is 0. The van der Waals surface area contributed by atoms with Crippen LogP contribution in [0.1, 0.15) is 47.6 Å². The molecule has 2 amide bonds. The van der Waals surface area contributed by atoms with Crippen LogP contribution < -0.4 is 4.90 Å². The maximum atomic E-state index is 13.8. The molecule has 4 heterocycles. The SMILES string of the molecule is O=C(c1cccc(N2CCOCC2)c1)N1CCC2(CC1)OC1CC[C@@H](c3cc(F)cc(F)c3)N1C2=O. The number of halogens is 2. The van der Waals surface area contributed by atoms with Crippen LogP contribution in [0.4, 0.5) is 14.5 Å². The standard InChI is InChI=1S/C27H29F2N3O4/c28-20-14-19(15-21(29)17-20)23-4-5-24-32(23)26(34)27(36-24)6-8-31(9-7-27)25(33)18-2-1-3-22(16-18)30-10-12-35-13-11-30/h1-3,14-17,23-24H,4-13H2/t23-,24?/m0/s1.